The molecule has 0 spiro atoms. The van der Waals surface area contributed by atoms with E-state index in [0.717, 1.165) is 17.7 Å². The van der Waals surface area contributed by atoms with E-state index in [2.05, 4.69) is 46.7 Å². The van der Waals surface area contributed by atoms with Crippen LogP contribution >= 0.6 is 11.8 Å². The van der Waals surface area contributed by atoms with Crippen LogP contribution in [0.25, 0.3) is 0 Å². The molecule has 2 aromatic carbocycles. The quantitative estimate of drug-likeness (QED) is 0.532. The second-order valence-electron chi connectivity index (χ2n) is 7.60. The number of anilines is 1. The summed E-state index contributed by atoms with van der Waals surface area (Å²) in [5.41, 5.74) is 4.46. The number of thioether (sulfide) groups is 1. The van der Waals surface area contributed by atoms with Crippen LogP contribution in [0.1, 0.15) is 36.1 Å². The van der Waals surface area contributed by atoms with Gasteiger partial charge in [-0.05, 0) is 50.7 Å². The van der Waals surface area contributed by atoms with Gasteiger partial charge in [-0.15, -0.1) is 0 Å². The second-order valence-corrected chi connectivity index (χ2v) is 8.70. The highest BCUT2D eigenvalue weighted by Gasteiger charge is 2.15. The minimum Gasteiger partial charge on any atom is -0.354 e. The summed E-state index contributed by atoms with van der Waals surface area (Å²) in [6, 6.07) is 16.4. The minimum atomic E-state index is -0.0486. The third-order valence-electron chi connectivity index (χ3n) is 4.93. The highest BCUT2D eigenvalue weighted by Crippen LogP contribution is 2.18. The zero-order chi connectivity index (χ0) is 21.9. The molecular weight excluding hydrogens is 394 g/mol. The standard InChI is InChI=1S/C24H33N3O2S/c1-5-19-8-10-20(11-9-19)22(27(3)4)16-25-23(28)14-15-30-17-24(29)26-21-12-6-18(2)7-13-21/h6-13,22H,5,14-17H2,1-4H3,(H,25,28)(H,26,29)/t22-/m1/s1. The van der Waals surface area contributed by atoms with Crippen molar-refractivity contribution in [1.29, 1.82) is 0 Å². The number of amides is 2. The zero-order valence-corrected chi connectivity index (χ0v) is 19.2. The van der Waals surface area contributed by atoms with E-state index in [0.29, 0.717) is 24.5 Å². The molecule has 0 bridgehead atoms. The maximum atomic E-state index is 12.2. The largest absolute Gasteiger partial charge is 0.354 e. The molecule has 2 amide bonds. The van der Waals surface area contributed by atoms with Gasteiger partial charge in [0.2, 0.25) is 11.8 Å². The molecule has 30 heavy (non-hydrogen) atoms. The van der Waals surface area contributed by atoms with Gasteiger partial charge < -0.3 is 15.5 Å². The SMILES string of the molecule is CCc1ccc([C@@H](CNC(=O)CCSCC(=O)Nc2ccc(C)cc2)N(C)C)cc1. The van der Waals surface area contributed by atoms with Crippen molar-refractivity contribution in [3.05, 3.63) is 65.2 Å². The number of hydrogen-bond donors (Lipinski definition) is 2. The van der Waals surface area contributed by atoms with Gasteiger partial charge in [-0.3, -0.25) is 9.59 Å². The van der Waals surface area contributed by atoms with E-state index in [1.165, 1.54) is 22.9 Å². The fourth-order valence-electron chi connectivity index (χ4n) is 3.04. The highest BCUT2D eigenvalue weighted by molar-refractivity contribution is 7.99. The lowest BCUT2D eigenvalue weighted by molar-refractivity contribution is -0.121. The number of benzene rings is 2. The smallest absolute Gasteiger partial charge is 0.234 e. The Morgan fingerprint density at radius 3 is 2.27 bits per heavy atom. The summed E-state index contributed by atoms with van der Waals surface area (Å²) >= 11 is 1.47. The molecule has 0 saturated carbocycles. The van der Waals surface area contributed by atoms with E-state index < -0.39 is 0 Å². The Balaban J connectivity index is 1.68. The number of hydrogen-bond acceptors (Lipinski definition) is 4. The normalized spacial score (nSPS) is 11.9. The molecule has 2 rings (SSSR count). The predicted molar refractivity (Wildman–Crippen MR) is 127 cm³/mol. The zero-order valence-electron chi connectivity index (χ0n) is 18.4. The second kappa shape index (κ2) is 12.4. The third kappa shape index (κ3) is 8.20. The Hall–Kier alpha value is -2.31. The fraction of sp³-hybridized carbons (Fsp3) is 0.417. The van der Waals surface area contributed by atoms with Crippen LogP contribution in [0.15, 0.2) is 48.5 Å². The van der Waals surface area contributed by atoms with Crippen LogP contribution < -0.4 is 10.6 Å². The lowest BCUT2D eigenvalue weighted by atomic mass is 10.0. The third-order valence-corrected chi connectivity index (χ3v) is 5.89. The molecule has 0 aliphatic rings. The van der Waals surface area contributed by atoms with Crippen LogP contribution in [-0.2, 0) is 16.0 Å². The molecule has 0 aromatic heterocycles. The van der Waals surface area contributed by atoms with Crippen molar-refractivity contribution >= 4 is 29.3 Å². The van der Waals surface area contributed by atoms with Crippen molar-refractivity contribution in [2.45, 2.75) is 32.7 Å². The molecule has 0 saturated heterocycles. The number of rotatable bonds is 11. The number of aryl methyl sites for hydroxylation is 2. The van der Waals surface area contributed by atoms with E-state index in [4.69, 9.17) is 0 Å². The van der Waals surface area contributed by atoms with Crippen LogP contribution in [0.3, 0.4) is 0 Å². The van der Waals surface area contributed by atoms with Gasteiger partial charge >= 0.3 is 0 Å². The Labute approximate surface area is 184 Å². The van der Waals surface area contributed by atoms with Crippen molar-refractivity contribution in [3.63, 3.8) is 0 Å². The van der Waals surface area contributed by atoms with Gasteiger partial charge in [0.25, 0.3) is 0 Å². The molecule has 5 nitrogen and oxygen atoms in total. The van der Waals surface area contributed by atoms with Gasteiger partial charge in [-0.25, -0.2) is 0 Å². The molecule has 6 heteroatoms. The Kier molecular flexibility index (Phi) is 9.91. The molecule has 162 valence electrons. The number of likely N-dealkylation sites (N-methyl/N-ethyl adjacent to an activating group) is 1. The number of nitrogens with one attached hydrogen (secondary N) is 2. The van der Waals surface area contributed by atoms with Gasteiger partial charge in [0.1, 0.15) is 0 Å². The summed E-state index contributed by atoms with van der Waals surface area (Å²) < 4.78 is 0. The summed E-state index contributed by atoms with van der Waals surface area (Å²) in [5.74, 6) is 0.918. The molecule has 0 unspecified atom stereocenters. The first-order valence-electron chi connectivity index (χ1n) is 10.3. The molecule has 0 fully saturated rings. The molecular formula is C24H33N3O2S. The predicted octanol–water partition coefficient (Wildman–Crippen LogP) is 4.04. The van der Waals surface area contributed by atoms with Crippen molar-refractivity contribution in [2.24, 2.45) is 0 Å². The number of carbonyl (C=O) groups is 2. The first-order valence-corrected chi connectivity index (χ1v) is 11.5. The van der Waals surface area contributed by atoms with E-state index in [1.54, 1.807) is 0 Å². The maximum absolute atomic E-state index is 12.2. The van der Waals surface area contributed by atoms with E-state index >= 15 is 0 Å². The number of nitrogens with zero attached hydrogens (tertiary/aromatic N) is 1. The average molecular weight is 428 g/mol. The summed E-state index contributed by atoms with van der Waals surface area (Å²) in [4.78, 5) is 26.3. The number of carbonyl (C=O) groups excluding carboxylic acids is 2. The lowest BCUT2D eigenvalue weighted by Crippen LogP contribution is -2.34. The van der Waals surface area contributed by atoms with Crippen molar-refractivity contribution in [2.75, 3.05) is 37.5 Å². The highest BCUT2D eigenvalue weighted by atomic mass is 32.2. The topological polar surface area (TPSA) is 61.4 Å². The van der Waals surface area contributed by atoms with Crippen molar-refractivity contribution in [1.82, 2.24) is 10.2 Å². The summed E-state index contributed by atoms with van der Waals surface area (Å²) in [7, 11) is 4.04. The van der Waals surface area contributed by atoms with Gasteiger partial charge in [0, 0.05) is 24.4 Å². The Bertz CT molecular complexity index is 804. The van der Waals surface area contributed by atoms with Crippen LogP contribution in [-0.4, -0.2) is 48.9 Å². The molecule has 2 N–H and O–H groups in total. The van der Waals surface area contributed by atoms with E-state index in [9.17, 15) is 9.59 Å². The van der Waals surface area contributed by atoms with Crippen LogP contribution in [0, 0.1) is 6.92 Å². The first-order chi connectivity index (χ1) is 14.4. The molecule has 0 radical (unpaired) electrons. The molecule has 2 aromatic rings. The van der Waals surface area contributed by atoms with E-state index in [-0.39, 0.29) is 17.9 Å². The molecule has 0 aliphatic heterocycles. The summed E-state index contributed by atoms with van der Waals surface area (Å²) in [6.45, 7) is 4.72. The van der Waals surface area contributed by atoms with Crippen LogP contribution in [0.4, 0.5) is 5.69 Å². The van der Waals surface area contributed by atoms with Crippen molar-refractivity contribution in [3.8, 4) is 0 Å². The Morgan fingerprint density at radius 2 is 1.67 bits per heavy atom. The lowest BCUT2D eigenvalue weighted by Gasteiger charge is -2.25. The summed E-state index contributed by atoms with van der Waals surface area (Å²) in [6.07, 6.45) is 1.42. The molecule has 0 heterocycles. The van der Waals surface area contributed by atoms with Gasteiger partial charge in [-0.1, -0.05) is 48.9 Å². The van der Waals surface area contributed by atoms with Crippen LogP contribution in [0.2, 0.25) is 0 Å². The molecule has 0 aliphatic carbocycles. The summed E-state index contributed by atoms with van der Waals surface area (Å²) in [5, 5.41) is 5.90. The first kappa shape index (κ1) is 24.0. The van der Waals surface area contributed by atoms with Gasteiger partial charge in [-0.2, -0.15) is 11.8 Å². The van der Waals surface area contributed by atoms with E-state index in [1.807, 2.05) is 45.3 Å². The van der Waals surface area contributed by atoms with Crippen LogP contribution in [0.5, 0.6) is 0 Å². The van der Waals surface area contributed by atoms with Crippen molar-refractivity contribution < 1.29 is 9.59 Å². The minimum absolute atomic E-state index is 0.0125. The average Bonchev–Trinajstić information content (AvgIpc) is 2.73. The monoisotopic (exact) mass is 427 g/mol. The molecule has 1 atom stereocenters. The Morgan fingerprint density at radius 1 is 1.00 bits per heavy atom. The van der Waals surface area contributed by atoms with Gasteiger partial charge in [0.15, 0.2) is 0 Å². The maximum Gasteiger partial charge on any atom is 0.234 e. The van der Waals surface area contributed by atoms with Gasteiger partial charge in [0.05, 0.1) is 11.8 Å². The fourth-order valence-corrected chi connectivity index (χ4v) is 3.77.